The number of hydrogen-bond donors (Lipinski definition) is 1. The van der Waals surface area contributed by atoms with Crippen molar-refractivity contribution in [3.63, 3.8) is 0 Å². The lowest BCUT2D eigenvalue weighted by Crippen LogP contribution is -2.21. The molecule has 1 aromatic heterocycles. The number of pyridine rings is 1. The molecule has 0 aromatic carbocycles. The summed E-state index contributed by atoms with van der Waals surface area (Å²) in [4.78, 5) is 6.19. The summed E-state index contributed by atoms with van der Waals surface area (Å²) in [6, 6.07) is 5.51. The lowest BCUT2D eigenvalue weighted by atomic mass is 10.3. The van der Waals surface area contributed by atoms with Crippen LogP contribution in [0.1, 0.15) is 5.56 Å². The van der Waals surface area contributed by atoms with Crippen molar-refractivity contribution in [3.05, 3.63) is 23.9 Å². The number of nitrogens with zero attached hydrogens (tertiary/aromatic N) is 3. The van der Waals surface area contributed by atoms with Crippen LogP contribution in [0.3, 0.4) is 0 Å². The quantitative estimate of drug-likeness (QED) is 0.767. The van der Waals surface area contributed by atoms with E-state index in [1.807, 2.05) is 14.1 Å². The summed E-state index contributed by atoms with van der Waals surface area (Å²) >= 11 is 0. The third-order valence-corrected chi connectivity index (χ3v) is 1.75. The van der Waals surface area contributed by atoms with E-state index in [4.69, 9.17) is 5.26 Å². The van der Waals surface area contributed by atoms with Crippen LogP contribution < -0.4 is 5.32 Å². The van der Waals surface area contributed by atoms with E-state index in [-0.39, 0.29) is 0 Å². The van der Waals surface area contributed by atoms with E-state index in [0.29, 0.717) is 5.56 Å². The Kier molecular flexibility index (Phi) is 3.89. The average Bonchev–Trinajstić information content (AvgIpc) is 2.18. The Hall–Kier alpha value is -1.60. The monoisotopic (exact) mass is 190 g/mol. The van der Waals surface area contributed by atoms with Crippen LogP contribution in [0.25, 0.3) is 0 Å². The predicted octanol–water partition coefficient (Wildman–Crippen LogP) is 0.927. The van der Waals surface area contributed by atoms with Gasteiger partial charge < -0.3 is 10.2 Å². The van der Waals surface area contributed by atoms with Crippen molar-refractivity contribution in [3.8, 4) is 6.07 Å². The Labute approximate surface area is 84.2 Å². The molecule has 0 spiro atoms. The van der Waals surface area contributed by atoms with Gasteiger partial charge in [0.15, 0.2) is 0 Å². The van der Waals surface area contributed by atoms with Gasteiger partial charge in [-0.05, 0) is 26.2 Å². The fourth-order valence-electron chi connectivity index (χ4n) is 1.00. The first kappa shape index (κ1) is 10.5. The van der Waals surface area contributed by atoms with Crippen LogP contribution in [-0.4, -0.2) is 37.1 Å². The molecule has 74 valence electrons. The van der Waals surface area contributed by atoms with Crippen molar-refractivity contribution < 1.29 is 0 Å². The van der Waals surface area contributed by atoms with Gasteiger partial charge in [0.1, 0.15) is 5.82 Å². The number of nitrogens with one attached hydrogen (secondary N) is 1. The summed E-state index contributed by atoms with van der Waals surface area (Å²) in [6.07, 6.45) is 1.64. The smallest absolute Gasteiger partial charge is 0.127 e. The van der Waals surface area contributed by atoms with Crippen LogP contribution in [0.4, 0.5) is 5.82 Å². The molecule has 0 saturated heterocycles. The van der Waals surface area contributed by atoms with Gasteiger partial charge in [-0.1, -0.05) is 0 Å². The molecular formula is C10H14N4. The Morgan fingerprint density at radius 1 is 1.57 bits per heavy atom. The molecule has 1 N–H and O–H groups in total. The van der Waals surface area contributed by atoms with Gasteiger partial charge in [-0.25, -0.2) is 4.98 Å². The maximum absolute atomic E-state index is 8.66. The maximum atomic E-state index is 8.66. The largest absolute Gasteiger partial charge is 0.369 e. The molecular weight excluding hydrogens is 176 g/mol. The number of anilines is 1. The highest BCUT2D eigenvalue weighted by Gasteiger charge is 1.95. The highest BCUT2D eigenvalue weighted by Crippen LogP contribution is 2.04. The lowest BCUT2D eigenvalue weighted by Gasteiger charge is -2.10. The summed E-state index contributed by atoms with van der Waals surface area (Å²) in [5.41, 5.74) is 0.632. The summed E-state index contributed by atoms with van der Waals surface area (Å²) < 4.78 is 0. The molecule has 0 radical (unpaired) electrons. The van der Waals surface area contributed by atoms with Crippen molar-refractivity contribution in [1.82, 2.24) is 9.88 Å². The summed E-state index contributed by atoms with van der Waals surface area (Å²) in [5.74, 6) is 0.755. The normalized spacial score (nSPS) is 9.86. The van der Waals surface area contributed by atoms with E-state index in [0.717, 1.165) is 18.9 Å². The fraction of sp³-hybridized carbons (Fsp3) is 0.400. The number of likely N-dealkylation sites (N-methyl/N-ethyl adjacent to an activating group) is 1. The highest BCUT2D eigenvalue weighted by molar-refractivity contribution is 5.42. The van der Waals surface area contributed by atoms with Gasteiger partial charge in [-0.2, -0.15) is 5.26 Å². The minimum atomic E-state index is 0.632. The fourth-order valence-corrected chi connectivity index (χ4v) is 1.00. The first-order valence-electron chi connectivity index (χ1n) is 4.47. The summed E-state index contributed by atoms with van der Waals surface area (Å²) in [5, 5.41) is 11.8. The van der Waals surface area contributed by atoms with Crippen LogP contribution in [0.2, 0.25) is 0 Å². The SMILES string of the molecule is CN(C)CCNc1cc(C#N)ccn1. The van der Waals surface area contributed by atoms with Gasteiger partial charge in [0.25, 0.3) is 0 Å². The van der Waals surface area contributed by atoms with Crippen molar-refractivity contribution in [2.24, 2.45) is 0 Å². The van der Waals surface area contributed by atoms with Gasteiger partial charge >= 0.3 is 0 Å². The van der Waals surface area contributed by atoms with Gasteiger partial charge in [0, 0.05) is 19.3 Å². The van der Waals surface area contributed by atoms with Gasteiger partial charge in [-0.3, -0.25) is 0 Å². The first-order chi connectivity index (χ1) is 6.72. The Morgan fingerprint density at radius 3 is 3.00 bits per heavy atom. The van der Waals surface area contributed by atoms with E-state index in [9.17, 15) is 0 Å². The number of hydrogen-bond acceptors (Lipinski definition) is 4. The van der Waals surface area contributed by atoms with Crippen LogP contribution in [0.15, 0.2) is 18.3 Å². The average molecular weight is 190 g/mol. The predicted molar refractivity (Wildman–Crippen MR) is 56.0 cm³/mol. The third-order valence-electron chi connectivity index (χ3n) is 1.75. The minimum Gasteiger partial charge on any atom is -0.369 e. The summed E-state index contributed by atoms with van der Waals surface area (Å²) in [7, 11) is 4.03. The molecule has 4 nitrogen and oxygen atoms in total. The second-order valence-corrected chi connectivity index (χ2v) is 3.27. The van der Waals surface area contributed by atoms with Crippen LogP contribution in [-0.2, 0) is 0 Å². The van der Waals surface area contributed by atoms with E-state index >= 15 is 0 Å². The van der Waals surface area contributed by atoms with Crippen molar-refractivity contribution >= 4 is 5.82 Å². The molecule has 1 heterocycles. The van der Waals surface area contributed by atoms with Crippen LogP contribution in [0.5, 0.6) is 0 Å². The molecule has 4 heteroatoms. The topological polar surface area (TPSA) is 52.0 Å². The van der Waals surface area contributed by atoms with Crippen molar-refractivity contribution in [1.29, 1.82) is 5.26 Å². The van der Waals surface area contributed by atoms with Gasteiger partial charge in [0.05, 0.1) is 11.6 Å². The van der Waals surface area contributed by atoms with Gasteiger partial charge in [0.2, 0.25) is 0 Å². The standard InChI is InChI=1S/C10H14N4/c1-14(2)6-5-13-10-7-9(8-11)3-4-12-10/h3-4,7H,5-6H2,1-2H3,(H,12,13). The second-order valence-electron chi connectivity index (χ2n) is 3.27. The number of rotatable bonds is 4. The molecule has 0 unspecified atom stereocenters. The molecule has 0 fully saturated rings. The summed E-state index contributed by atoms with van der Waals surface area (Å²) in [6.45, 7) is 1.77. The second kappa shape index (κ2) is 5.20. The molecule has 0 saturated carbocycles. The van der Waals surface area contributed by atoms with E-state index in [1.165, 1.54) is 0 Å². The molecule has 0 atom stereocenters. The van der Waals surface area contributed by atoms with Crippen LogP contribution >= 0.6 is 0 Å². The molecule has 0 bridgehead atoms. The van der Waals surface area contributed by atoms with E-state index in [1.54, 1.807) is 18.3 Å². The minimum absolute atomic E-state index is 0.632. The first-order valence-corrected chi connectivity index (χ1v) is 4.47. The zero-order chi connectivity index (χ0) is 10.4. The lowest BCUT2D eigenvalue weighted by molar-refractivity contribution is 0.425. The van der Waals surface area contributed by atoms with Crippen molar-refractivity contribution in [2.75, 3.05) is 32.5 Å². The van der Waals surface area contributed by atoms with E-state index in [2.05, 4.69) is 21.3 Å². The molecule has 0 aliphatic heterocycles. The molecule has 1 rings (SSSR count). The molecule has 14 heavy (non-hydrogen) atoms. The number of nitriles is 1. The molecule has 0 aliphatic rings. The Balaban J connectivity index is 2.47. The molecule has 1 aromatic rings. The molecule has 0 aliphatic carbocycles. The zero-order valence-electron chi connectivity index (χ0n) is 8.49. The van der Waals surface area contributed by atoms with Crippen LogP contribution in [0, 0.1) is 11.3 Å². The maximum Gasteiger partial charge on any atom is 0.127 e. The zero-order valence-corrected chi connectivity index (χ0v) is 8.49. The Bertz CT molecular complexity index is 327. The molecule has 0 amide bonds. The highest BCUT2D eigenvalue weighted by atomic mass is 15.1. The van der Waals surface area contributed by atoms with E-state index < -0.39 is 0 Å². The third kappa shape index (κ3) is 3.42. The van der Waals surface area contributed by atoms with Gasteiger partial charge in [-0.15, -0.1) is 0 Å². The number of aromatic nitrogens is 1. The Morgan fingerprint density at radius 2 is 2.36 bits per heavy atom. The van der Waals surface area contributed by atoms with Crippen molar-refractivity contribution in [2.45, 2.75) is 0 Å².